The first-order valence-corrected chi connectivity index (χ1v) is 9.35. The molecule has 0 atom stereocenters. The maximum Gasteiger partial charge on any atom is 0.236 e. The molecule has 0 spiro atoms. The van der Waals surface area contributed by atoms with Gasteiger partial charge in [0.25, 0.3) is 0 Å². The van der Waals surface area contributed by atoms with E-state index in [2.05, 4.69) is 21.0 Å². The van der Waals surface area contributed by atoms with Crippen LogP contribution in [0.25, 0.3) is 0 Å². The fourth-order valence-corrected chi connectivity index (χ4v) is 3.39. The lowest BCUT2D eigenvalue weighted by Gasteiger charge is -2.36. The van der Waals surface area contributed by atoms with Crippen molar-refractivity contribution >= 4 is 11.8 Å². The molecule has 3 heterocycles. The second-order valence-corrected chi connectivity index (χ2v) is 7.04. The van der Waals surface area contributed by atoms with Gasteiger partial charge in [-0.1, -0.05) is 0 Å². The summed E-state index contributed by atoms with van der Waals surface area (Å²) in [5, 5.41) is 8.15. The van der Waals surface area contributed by atoms with Gasteiger partial charge in [0.05, 0.1) is 19.8 Å². The first-order valence-electron chi connectivity index (χ1n) is 9.35. The standard InChI is InChI=1S/C18H27N5O3/c1-2-3-5-18(19-20-18)6-4-16(24)22-9-7-21(8-10-22)15-17(25)23-11-13-26-14-12-23/h1H,3-15H2. The van der Waals surface area contributed by atoms with E-state index in [0.717, 1.165) is 19.5 Å². The molecule has 26 heavy (non-hydrogen) atoms. The molecule has 0 unspecified atom stereocenters. The molecule has 2 fully saturated rings. The minimum absolute atomic E-state index is 0.140. The third-order valence-electron chi connectivity index (χ3n) is 5.24. The number of carbonyl (C=O) groups excluding carboxylic acids is 2. The van der Waals surface area contributed by atoms with E-state index in [0.29, 0.717) is 65.2 Å². The number of morpholine rings is 1. The summed E-state index contributed by atoms with van der Waals surface area (Å²) in [6, 6.07) is 0. The largest absolute Gasteiger partial charge is 0.378 e. The van der Waals surface area contributed by atoms with Crippen molar-refractivity contribution in [1.82, 2.24) is 14.7 Å². The van der Waals surface area contributed by atoms with E-state index in [1.807, 2.05) is 9.80 Å². The Kier molecular flexibility index (Phi) is 6.22. The van der Waals surface area contributed by atoms with Crippen molar-refractivity contribution in [2.75, 3.05) is 59.0 Å². The van der Waals surface area contributed by atoms with Crippen molar-refractivity contribution in [3.05, 3.63) is 0 Å². The smallest absolute Gasteiger partial charge is 0.236 e. The van der Waals surface area contributed by atoms with Crippen LogP contribution in [0, 0.1) is 12.3 Å². The lowest BCUT2D eigenvalue weighted by Crippen LogP contribution is -2.52. The highest BCUT2D eigenvalue weighted by atomic mass is 16.5. The Balaban J connectivity index is 1.34. The summed E-state index contributed by atoms with van der Waals surface area (Å²) in [6.45, 7) is 5.82. The summed E-state index contributed by atoms with van der Waals surface area (Å²) in [5.41, 5.74) is -0.394. The van der Waals surface area contributed by atoms with Gasteiger partial charge in [0.15, 0.2) is 5.66 Å². The average molecular weight is 361 g/mol. The molecule has 0 N–H and O–H groups in total. The normalized spacial score (nSPS) is 22.1. The van der Waals surface area contributed by atoms with Crippen molar-refractivity contribution in [1.29, 1.82) is 0 Å². The summed E-state index contributed by atoms with van der Waals surface area (Å²) in [6.07, 6.45) is 7.74. The Hall–Kier alpha value is -1.98. The van der Waals surface area contributed by atoms with Crippen molar-refractivity contribution in [3.63, 3.8) is 0 Å². The van der Waals surface area contributed by atoms with Crippen LogP contribution in [0.4, 0.5) is 0 Å². The van der Waals surface area contributed by atoms with E-state index in [4.69, 9.17) is 11.2 Å². The van der Waals surface area contributed by atoms with Gasteiger partial charge in [-0.3, -0.25) is 14.5 Å². The number of nitrogens with zero attached hydrogens (tertiary/aromatic N) is 5. The van der Waals surface area contributed by atoms with Crippen molar-refractivity contribution in [3.8, 4) is 12.3 Å². The molecular weight excluding hydrogens is 334 g/mol. The molecule has 2 saturated heterocycles. The Morgan fingerprint density at radius 1 is 0.962 bits per heavy atom. The quantitative estimate of drug-likeness (QED) is 0.613. The Morgan fingerprint density at radius 3 is 2.23 bits per heavy atom. The predicted octanol–water partition coefficient (Wildman–Crippen LogP) is 0.345. The van der Waals surface area contributed by atoms with E-state index in [-0.39, 0.29) is 11.8 Å². The highest BCUT2D eigenvalue weighted by Crippen LogP contribution is 2.37. The molecule has 8 heteroatoms. The summed E-state index contributed by atoms with van der Waals surface area (Å²) in [4.78, 5) is 30.6. The Bertz CT molecular complexity index is 580. The first-order chi connectivity index (χ1) is 12.6. The first kappa shape index (κ1) is 18.8. The van der Waals surface area contributed by atoms with Crippen LogP contribution in [0.1, 0.15) is 25.7 Å². The molecule has 0 aromatic carbocycles. The van der Waals surface area contributed by atoms with Gasteiger partial charge in [-0.05, 0) is 0 Å². The van der Waals surface area contributed by atoms with E-state index in [1.165, 1.54) is 0 Å². The molecule has 0 aromatic rings. The van der Waals surface area contributed by atoms with Crippen LogP contribution in [-0.4, -0.2) is 91.2 Å². The molecule has 0 bridgehead atoms. The van der Waals surface area contributed by atoms with Gasteiger partial charge in [0.1, 0.15) is 0 Å². The van der Waals surface area contributed by atoms with Gasteiger partial charge in [-0.2, -0.15) is 10.2 Å². The van der Waals surface area contributed by atoms with Crippen molar-refractivity contribution in [2.24, 2.45) is 10.2 Å². The summed E-state index contributed by atoms with van der Waals surface area (Å²) < 4.78 is 5.28. The molecule has 0 aromatic heterocycles. The molecule has 8 nitrogen and oxygen atoms in total. The molecule has 2 amide bonds. The van der Waals surface area contributed by atoms with E-state index in [1.54, 1.807) is 0 Å². The number of piperazine rings is 1. The average Bonchev–Trinajstić information content (AvgIpc) is 3.46. The lowest BCUT2D eigenvalue weighted by atomic mass is 10.0. The van der Waals surface area contributed by atoms with Crippen LogP contribution in [0.3, 0.4) is 0 Å². The topological polar surface area (TPSA) is 77.8 Å². The lowest BCUT2D eigenvalue weighted by molar-refractivity contribution is -0.138. The zero-order valence-corrected chi connectivity index (χ0v) is 15.2. The molecule has 3 aliphatic heterocycles. The number of amides is 2. The van der Waals surface area contributed by atoms with E-state index >= 15 is 0 Å². The number of hydrogen-bond acceptors (Lipinski definition) is 6. The van der Waals surface area contributed by atoms with Crippen LogP contribution in [-0.2, 0) is 14.3 Å². The second kappa shape index (κ2) is 8.60. The van der Waals surface area contributed by atoms with Crippen molar-refractivity contribution < 1.29 is 14.3 Å². The maximum absolute atomic E-state index is 12.4. The zero-order chi connectivity index (χ0) is 18.4. The third-order valence-corrected chi connectivity index (χ3v) is 5.24. The van der Waals surface area contributed by atoms with Gasteiger partial charge >= 0.3 is 0 Å². The van der Waals surface area contributed by atoms with Crippen LogP contribution in [0.15, 0.2) is 10.2 Å². The fourth-order valence-electron chi connectivity index (χ4n) is 3.39. The van der Waals surface area contributed by atoms with Gasteiger partial charge in [-0.25, -0.2) is 0 Å². The SMILES string of the molecule is C#CCCC1(CCC(=O)N2CCN(CC(=O)N3CCOCC3)CC2)N=N1. The maximum atomic E-state index is 12.4. The minimum atomic E-state index is -0.394. The molecule has 3 rings (SSSR count). The molecule has 0 aliphatic carbocycles. The summed E-state index contributed by atoms with van der Waals surface area (Å²) >= 11 is 0. The molecule has 0 saturated carbocycles. The number of carbonyl (C=O) groups is 2. The van der Waals surface area contributed by atoms with Gasteiger partial charge < -0.3 is 14.5 Å². The number of rotatable bonds is 7. The second-order valence-electron chi connectivity index (χ2n) is 7.04. The van der Waals surface area contributed by atoms with Gasteiger partial charge in [-0.15, -0.1) is 12.3 Å². The number of terminal acetylenes is 1. The monoisotopic (exact) mass is 361 g/mol. The van der Waals surface area contributed by atoms with Gasteiger partial charge in [0, 0.05) is 65.0 Å². The molecule has 0 radical (unpaired) electrons. The fraction of sp³-hybridized carbons (Fsp3) is 0.778. The third kappa shape index (κ3) is 5.02. The zero-order valence-electron chi connectivity index (χ0n) is 15.2. The van der Waals surface area contributed by atoms with Crippen LogP contribution in [0.5, 0.6) is 0 Å². The van der Waals surface area contributed by atoms with Crippen LogP contribution in [0.2, 0.25) is 0 Å². The molecule has 3 aliphatic rings. The summed E-state index contributed by atoms with van der Waals surface area (Å²) in [7, 11) is 0. The highest BCUT2D eigenvalue weighted by Gasteiger charge is 2.39. The van der Waals surface area contributed by atoms with Crippen LogP contribution < -0.4 is 0 Å². The molecular formula is C18H27N5O3. The highest BCUT2D eigenvalue weighted by molar-refractivity contribution is 5.78. The molecule has 142 valence electrons. The Labute approximate surface area is 154 Å². The number of hydrogen-bond donors (Lipinski definition) is 0. The minimum Gasteiger partial charge on any atom is -0.378 e. The van der Waals surface area contributed by atoms with E-state index in [9.17, 15) is 9.59 Å². The van der Waals surface area contributed by atoms with Gasteiger partial charge in [0.2, 0.25) is 11.8 Å². The van der Waals surface area contributed by atoms with Crippen molar-refractivity contribution in [2.45, 2.75) is 31.3 Å². The van der Waals surface area contributed by atoms with E-state index < -0.39 is 5.66 Å². The number of ether oxygens (including phenoxy) is 1. The van der Waals surface area contributed by atoms with Crippen LogP contribution >= 0.6 is 0 Å². The summed E-state index contributed by atoms with van der Waals surface area (Å²) in [5.74, 6) is 2.89. The Morgan fingerprint density at radius 2 is 1.62 bits per heavy atom. The predicted molar refractivity (Wildman–Crippen MR) is 95.3 cm³/mol.